The molecule has 114 valence electrons. The monoisotopic (exact) mass is 298 g/mol. The van der Waals surface area contributed by atoms with Crippen LogP contribution in [0.1, 0.15) is 25.5 Å². The van der Waals surface area contributed by atoms with E-state index in [1.807, 2.05) is 0 Å². The molecular weight excluding hydrogens is 280 g/mol. The van der Waals surface area contributed by atoms with Crippen molar-refractivity contribution in [1.29, 1.82) is 0 Å². The molecule has 1 aromatic carbocycles. The summed E-state index contributed by atoms with van der Waals surface area (Å²) in [6, 6.07) is 2.07. The summed E-state index contributed by atoms with van der Waals surface area (Å²) in [5.74, 6) is -1.60. The van der Waals surface area contributed by atoms with Crippen molar-refractivity contribution in [2.24, 2.45) is 0 Å². The van der Waals surface area contributed by atoms with Gasteiger partial charge in [-0.2, -0.15) is 0 Å². The average Bonchev–Trinajstić information content (AvgIpc) is 2.83. The predicted molar refractivity (Wildman–Crippen MR) is 71.3 cm³/mol. The van der Waals surface area contributed by atoms with Crippen LogP contribution in [0.4, 0.5) is 13.6 Å². The third kappa shape index (κ3) is 3.36. The molecule has 1 aromatic rings. The number of nitrogens with one attached hydrogen (secondary N) is 1. The average molecular weight is 298 g/mol. The Morgan fingerprint density at radius 2 is 2.10 bits per heavy atom. The van der Waals surface area contributed by atoms with Gasteiger partial charge < -0.3 is 10.6 Å². The van der Waals surface area contributed by atoms with E-state index in [9.17, 15) is 18.4 Å². The van der Waals surface area contributed by atoms with E-state index in [4.69, 9.17) is 0 Å². The lowest BCUT2D eigenvalue weighted by molar-refractivity contribution is -0.711. The molecule has 1 fully saturated rings. The fraction of sp³-hybridized carbons (Fsp3) is 0.429. The summed E-state index contributed by atoms with van der Waals surface area (Å²) in [7, 11) is 0. The molecule has 0 radical (unpaired) electrons. The molecule has 1 aliphatic rings. The zero-order valence-electron chi connectivity index (χ0n) is 11.9. The molecule has 1 saturated heterocycles. The van der Waals surface area contributed by atoms with Crippen LogP contribution in [0.3, 0.4) is 0 Å². The van der Waals surface area contributed by atoms with Crippen LogP contribution in [0.25, 0.3) is 0 Å². The van der Waals surface area contributed by atoms with E-state index in [0.29, 0.717) is 18.7 Å². The van der Waals surface area contributed by atoms with Gasteiger partial charge in [0.1, 0.15) is 17.7 Å². The first kappa shape index (κ1) is 15.4. The highest BCUT2D eigenvalue weighted by molar-refractivity contribution is 5.97. The maximum atomic E-state index is 13.7. The van der Waals surface area contributed by atoms with Crippen LogP contribution in [-0.4, -0.2) is 36.0 Å². The first-order chi connectivity index (χ1) is 9.90. The van der Waals surface area contributed by atoms with Gasteiger partial charge in [0.15, 0.2) is 6.04 Å². The predicted octanol–water partition coefficient (Wildman–Crippen LogP) is 0.529. The maximum absolute atomic E-state index is 13.7. The van der Waals surface area contributed by atoms with Gasteiger partial charge in [-0.1, -0.05) is 0 Å². The zero-order valence-corrected chi connectivity index (χ0v) is 11.9. The van der Waals surface area contributed by atoms with Crippen LogP contribution >= 0.6 is 0 Å². The summed E-state index contributed by atoms with van der Waals surface area (Å²) in [5.41, 5.74) is 0.321. The van der Waals surface area contributed by atoms with E-state index >= 15 is 0 Å². The molecule has 1 heterocycles. The van der Waals surface area contributed by atoms with Gasteiger partial charge in [-0.05, 0) is 26.0 Å². The Kier molecular flexibility index (Phi) is 4.52. The standard InChI is InChI=1S/C14H17F2N3O2/c1-8(11-4-3-10(15)7-12(11)16)18-9(2)13(20)19-6-5-17-14(19)21/h3-4,7-9,18H,5-6H2,1-2H3,(H,17,21)/p+1/t8-,9+/m0/s1. The molecule has 0 spiro atoms. The number of imide groups is 1. The summed E-state index contributed by atoms with van der Waals surface area (Å²) < 4.78 is 26.6. The lowest BCUT2D eigenvalue weighted by Gasteiger charge is -2.20. The molecule has 3 N–H and O–H groups in total. The Balaban J connectivity index is 2.03. The normalized spacial score (nSPS) is 17.5. The number of carbonyl (C=O) groups excluding carboxylic acids is 2. The minimum Gasteiger partial charge on any atom is -0.336 e. The minimum atomic E-state index is -0.641. The van der Waals surface area contributed by atoms with E-state index in [1.54, 1.807) is 19.2 Å². The van der Waals surface area contributed by atoms with E-state index in [0.717, 1.165) is 11.0 Å². The molecular formula is C14H18F2N3O2+. The van der Waals surface area contributed by atoms with Crippen molar-refractivity contribution < 1.29 is 23.7 Å². The number of halogens is 2. The summed E-state index contributed by atoms with van der Waals surface area (Å²) >= 11 is 0. The molecule has 21 heavy (non-hydrogen) atoms. The van der Waals surface area contributed by atoms with Crippen LogP contribution in [0.2, 0.25) is 0 Å². The summed E-state index contributed by atoms with van der Waals surface area (Å²) in [5, 5.41) is 4.21. The van der Waals surface area contributed by atoms with Gasteiger partial charge in [0.05, 0.1) is 0 Å². The van der Waals surface area contributed by atoms with Crippen molar-refractivity contribution in [3.8, 4) is 0 Å². The van der Waals surface area contributed by atoms with E-state index in [1.165, 1.54) is 12.1 Å². The largest absolute Gasteiger partial charge is 0.336 e. The summed E-state index contributed by atoms with van der Waals surface area (Å²) in [4.78, 5) is 24.7. The number of benzene rings is 1. The molecule has 0 aliphatic carbocycles. The number of amides is 3. The van der Waals surface area contributed by atoms with Gasteiger partial charge in [0.25, 0.3) is 5.91 Å². The minimum absolute atomic E-state index is 0.320. The van der Waals surface area contributed by atoms with Gasteiger partial charge in [0.2, 0.25) is 0 Å². The second-order valence-corrected chi connectivity index (χ2v) is 5.16. The van der Waals surface area contributed by atoms with E-state index in [-0.39, 0.29) is 11.9 Å². The second kappa shape index (κ2) is 6.17. The van der Waals surface area contributed by atoms with Crippen molar-refractivity contribution in [3.63, 3.8) is 0 Å². The lowest BCUT2D eigenvalue weighted by Crippen LogP contribution is -2.92. The SMILES string of the molecule is C[C@H]([NH2+][C@H](C)C(=O)N1CCNC1=O)c1ccc(F)cc1F. The van der Waals surface area contributed by atoms with Gasteiger partial charge in [-0.15, -0.1) is 0 Å². The molecule has 2 atom stereocenters. The fourth-order valence-corrected chi connectivity index (χ4v) is 2.42. The number of rotatable bonds is 4. The van der Waals surface area contributed by atoms with Gasteiger partial charge in [0, 0.05) is 24.7 Å². The fourth-order valence-electron chi connectivity index (χ4n) is 2.42. The Hall–Kier alpha value is -2.02. The number of hydrogen-bond acceptors (Lipinski definition) is 2. The van der Waals surface area contributed by atoms with Gasteiger partial charge in [-0.3, -0.25) is 9.69 Å². The van der Waals surface area contributed by atoms with Crippen molar-refractivity contribution in [2.45, 2.75) is 25.9 Å². The Morgan fingerprint density at radius 3 is 2.67 bits per heavy atom. The van der Waals surface area contributed by atoms with Crippen molar-refractivity contribution in [2.75, 3.05) is 13.1 Å². The maximum Gasteiger partial charge on any atom is 0.324 e. The molecule has 7 heteroatoms. The summed E-state index contributed by atoms with van der Waals surface area (Å²) in [6.07, 6.45) is 0. The molecule has 0 unspecified atom stereocenters. The van der Waals surface area contributed by atoms with Crippen LogP contribution in [0.5, 0.6) is 0 Å². The number of nitrogens with two attached hydrogens (primary N) is 1. The third-order valence-electron chi connectivity index (χ3n) is 3.54. The van der Waals surface area contributed by atoms with Crippen molar-refractivity contribution in [1.82, 2.24) is 10.2 Å². The smallest absolute Gasteiger partial charge is 0.324 e. The van der Waals surface area contributed by atoms with Crippen LogP contribution in [-0.2, 0) is 4.79 Å². The van der Waals surface area contributed by atoms with Crippen LogP contribution in [0, 0.1) is 11.6 Å². The Labute approximate surface area is 121 Å². The van der Waals surface area contributed by atoms with Crippen molar-refractivity contribution >= 4 is 11.9 Å². The first-order valence-corrected chi connectivity index (χ1v) is 6.79. The quantitative estimate of drug-likeness (QED) is 0.851. The number of quaternary nitrogens is 1. The number of hydrogen-bond donors (Lipinski definition) is 2. The molecule has 0 aromatic heterocycles. The van der Waals surface area contributed by atoms with Crippen LogP contribution in [0.15, 0.2) is 18.2 Å². The number of urea groups is 1. The highest BCUT2D eigenvalue weighted by Crippen LogP contribution is 2.15. The molecule has 0 saturated carbocycles. The molecule has 2 rings (SSSR count). The number of carbonyl (C=O) groups is 2. The highest BCUT2D eigenvalue weighted by atomic mass is 19.1. The van der Waals surface area contributed by atoms with Gasteiger partial charge in [-0.25, -0.2) is 13.6 Å². The summed E-state index contributed by atoms with van der Waals surface area (Å²) in [6.45, 7) is 4.17. The molecule has 1 aliphatic heterocycles. The van der Waals surface area contributed by atoms with Crippen molar-refractivity contribution in [3.05, 3.63) is 35.4 Å². The first-order valence-electron chi connectivity index (χ1n) is 6.79. The Bertz CT molecular complexity index is 565. The lowest BCUT2D eigenvalue weighted by atomic mass is 10.1. The third-order valence-corrected chi connectivity index (χ3v) is 3.54. The van der Waals surface area contributed by atoms with E-state index in [2.05, 4.69) is 5.32 Å². The number of nitrogens with zero attached hydrogens (tertiary/aromatic N) is 1. The highest BCUT2D eigenvalue weighted by Gasteiger charge is 2.32. The molecule has 5 nitrogen and oxygen atoms in total. The molecule has 0 bridgehead atoms. The zero-order chi connectivity index (χ0) is 15.6. The topological polar surface area (TPSA) is 66.0 Å². The second-order valence-electron chi connectivity index (χ2n) is 5.16. The van der Waals surface area contributed by atoms with Crippen LogP contribution < -0.4 is 10.6 Å². The van der Waals surface area contributed by atoms with Gasteiger partial charge >= 0.3 is 6.03 Å². The van der Waals surface area contributed by atoms with E-state index < -0.39 is 23.7 Å². The molecule has 3 amide bonds. The Morgan fingerprint density at radius 1 is 1.38 bits per heavy atom.